The van der Waals surface area contributed by atoms with Gasteiger partial charge in [0, 0.05) is 18.8 Å². The van der Waals surface area contributed by atoms with Gasteiger partial charge in [-0.15, -0.1) is 0 Å². The van der Waals surface area contributed by atoms with Crippen LogP contribution in [-0.4, -0.2) is 30.1 Å². The van der Waals surface area contributed by atoms with Gasteiger partial charge < -0.3 is 5.32 Å². The van der Waals surface area contributed by atoms with Crippen molar-refractivity contribution < 1.29 is 0 Å². The summed E-state index contributed by atoms with van der Waals surface area (Å²) in [5.74, 6) is 3.82. The summed E-state index contributed by atoms with van der Waals surface area (Å²) in [6, 6.07) is 10.6. The second-order valence-corrected chi connectivity index (χ2v) is 5.83. The van der Waals surface area contributed by atoms with E-state index in [4.69, 9.17) is 0 Å². The van der Waals surface area contributed by atoms with Gasteiger partial charge in [-0.2, -0.15) is 23.5 Å². The molecule has 0 aliphatic rings. The van der Waals surface area contributed by atoms with Gasteiger partial charge in [-0.05, 0) is 29.7 Å². The third kappa shape index (κ3) is 7.20. The Labute approximate surface area is 108 Å². The quantitative estimate of drug-likeness (QED) is 0.680. The molecule has 1 rings (SSSR count). The van der Waals surface area contributed by atoms with E-state index in [0.717, 1.165) is 13.1 Å². The molecular formula is C13H21NS2. The minimum Gasteiger partial charge on any atom is -0.312 e. The first kappa shape index (κ1) is 13.9. The summed E-state index contributed by atoms with van der Waals surface area (Å²) in [5.41, 5.74) is 1.37. The maximum atomic E-state index is 3.47. The highest BCUT2D eigenvalue weighted by Gasteiger charge is 1.92. The molecule has 0 bridgehead atoms. The van der Waals surface area contributed by atoms with Crippen LogP contribution in [0, 0.1) is 0 Å². The SMILES string of the molecule is CSCCCSCCNCc1ccccc1. The summed E-state index contributed by atoms with van der Waals surface area (Å²) in [4.78, 5) is 0. The standard InChI is InChI=1S/C13H21NS2/c1-15-9-5-10-16-11-8-14-12-13-6-3-2-4-7-13/h2-4,6-7,14H,5,8-12H2,1H3. The van der Waals surface area contributed by atoms with Gasteiger partial charge in [0.15, 0.2) is 0 Å². The van der Waals surface area contributed by atoms with Crippen molar-refractivity contribution in [1.82, 2.24) is 5.32 Å². The Hall–Kier alpha value is -0.120. The van der Waals surface area contributed by atoms with Crippen molar-refractivity contribution in [3.63, 3.8) is 0 Å². The van der Waals surface area contributed by atoms with Crippen molar-refractivity contribution in [3.05, 3.63) is 35.9 Å². The van der Waals surface area contributed by atoms with Crippen LogP contribution < -0.4 is 5.32 Å². The van der Waals surface area contributed by atoms with Gasteiger partial charge in [0.05, 0.1) is 0 Å². The van der Waals surface area contributed by atoms with Crippen molar-refractivity contribution in [1.29, 1.82) is 0 Å². The summed E-state index contributed by atoms with van der Waals surface area (Å²) >= 11 is 3.99. The van der Waals surface area contributed by atoms with E-state index in [0.29, 0.717) is 0 Å². The van der Waals surface area contributed by atoms with E-state index in [-0.39, 0.29) is 0 Å². The summed E-state index contributed by atoms with van der Waals surface area (Å²) in [6.45, 7) is 2.10. The predicted octanol–water partition coefficient (Wildman–Crippen LogP) is 3.26. The lowest BCUT2D eigenvalue weighted by Crippen LogP contribution is -2.16. The van der Waals surface area contributed by atoms with Crippen molar-refractivity contribution in [2.45, 2.75) is 13.0 Å². The highest BCUT2D eigenvalue weighted by molar-refractivity contribution is 7.99. The zero-order valence-corrected chi connectivity index (χ0v) is 11.6. The third-order valence-corrected chi connectivity index (χ3v) is 4.00. The minimum absolute atomic E-state index is 0.992. The number of rotatable bonds is 9. The molecule has 0 spiro atoms. The molecule has 0 amide bonds. The fourth-order valence-electron chi connectivity index (χ4n) is 1.38. The topological polar surface area (TPSA) is 12.0 Å². The van der Waals surface area contributed by atoms with E-state index in [1.165, 1.54) is 29.2 Å². The van der Waals surface area contributed by atoms with Gasteiger partial charge in [0.2, 0.25) is 0 Å². The van der Waals surface area contributed by atoms with Gasteiger partial charge in [-0.25, -0.2) is 0 Å². The summed E-state index contributed by atoms with van der Waals surface area (Å²) in [6.07, 6.45) is 3.51. The first-order chi connectivity index (χ1) is 7.93. The number of nitrogens with one attached hydrogen (secondary N) is 1. The number of hydrogen-bond acceptors (Lipinski definition) is 3. The molecule has 0 heterocycles. The van der Waals surface area contributed by atoms with Crippen molar-refractivity contribution in [3.8, 4) is 0 Å². The number of hydrogen-bond donors (Lipinski definition) is 1. The molecule has 0 saturated heterocycles. The van der Waals surface area contributed by atoms with Crippen LogP contribution in [-0.2, 0) is 6.54 Å². The van der Waals surface area contributed by atoms with Gasteiger partial charge in [0.25, 0.3) is 0 Å². The average Bonchev–Trinajstić information content (AvgIpc) is 2.34. The van der Waals surface area contributed by atoms with Crippen LogP contribution in [0.25, 0.3) is 0 Å². The molecular weight excluding hydrogens is 234 g/mol. The zero-order chi connectivity index (χ0) is 11.5. The molecule has 0 fully saturated rings. The largest absolute Gasteiger partial charge is 0.312 e. The third-order valence-electron chi connectivity index (χ3n) is 2.23. The van der Waals surface area contributed by atoms with Crippen LogP contribution in [0.5, 0.6) is 0 Å². The van der Waals surface area contributed by atoms with Crippen LogP contribution >= 0.6 is 23.5 Å². The maximum absolute atomic E-state index is 3.47. The first-order valence-electron chi connectivity index (χ1n) is 5.75. The lowest BCUT2D eigenvalue weighted by atomic mass is 10.2. The van der Waals surface area contributed by atoms with Crippen molar-refractivity contribution >= 4 is 23.5 Å². The van der Waals surface area contributed by atoms with Crippen LogP contribution in [0.4, 0.5) is 0 Å². The Kier molecular flexibility index (Phi) is 8.77. The second-order valence-electron chi connectivity index (χ2n) is 3.62. The first-order valence-corrected chi connectivity index (χ1v) is 8.29. The van der Waals surface area contributed by atoms with Crippen molar-refractivity contribution in [2.24, 2.45) is 0 Å². The lowest BCUT2D eigenvalue weighted by molar-refractivity contribution is 0.732. The van der Waals surface area contributed by atoms with Crippen LogP contribution in [0.2, 0.25) is 0 Å². The average molecular weight is 255 g/mol. The van der Waals surface area contributed by atoms with E-state index in [1.807, 2.05) is 11.8 Å². The Morgan fingerprint density at radius 2 is 1.88 bits per heavy atom. The Balaban J connectivity index is 1.89. The Bertz CT molecular complexity index is 251. The normalized spacial score (nSPS) is 10.6. The molecule has 0 saturated carbocycles. The van der Waals surface area contributed by atoms with E-state index in [9.17, 15) is 0 Å². The van der Waals surface area contributed by atoms with Gasteiger partial charge in [-0.3, -0.25) is 0 Å². The molecule has 0 aliphatic heterocycles. The summed E-state index contributed by atoms with van der Waals surface area (Å²) in [7, 11) is 0. The van der Waals surface area contributed by atoms with E-state index in [1.54, 1.807) is 0 Å². The summed E-state index contributed by atoms with van der Waals surface area (Å²) < 4.78 is 0. The Morgan fingerprint density at radius 3 is 2.62 bits per heavy atom. The fourth-order valence-corrected chi connectivity index (χ4v) is 2.84. The lowest BCUT2D eigenvalue weighted by Gasteiger charge is -2.04. The number of thioether (sulfide) groups is 2. The zero-order valence-electron chi connectivity index (χ0n) is 9.95. The Morgan fingerprint density at radius 1 is 1.06 bits per heavy atom. The van der Waals surface area contributed by atoms with E-state index < -0.39 is 0 Å². The molecule has 1 aromatic carbocycles. The fraction of sp³-hybridized carbons (Fsp3) is 0.538. The highest BCUT2D eigenvalue weighted by atomic mass is 32.2. The number of benzene rings is 1. The second kappa shape index (κ2) is 10.1. The smallest absolute Gasteiger partial charge is 0.0205 e. The van der Waals surface area contributed by atoms with Crippen LogP contribution in [0.1, 0.15) is 12.0 Å². The van der Waals surface area contributed by atoms with Crippen molar-refractivity contribution in [2.75, 3.05) is 30.1 Å². The molecule has 0 atom stereocenters. The molecule has 3 heteroatoms. The predicted molar refractivity (Wildman–Crippen MR) is 78.5 cm³/mol. The van der Waals surface area contributed by atoms with Gasteiger partial charge in [-0.1, -0.05) is 30.3 Å². The van der Waals surface area contributed by atoms with Crippen LogP contribution in [0.15, 0.2) is 30.3 Å². The molecule has 16 heavy (non-hydrogen) atoms. The molecule has 1 nitrogen and oxygen atoms in total. The maximum Gasteiger partial charge on any atom is 0.0205 e. The summed E-state index contributed by atoms with van der Waals surface area (Å²) in [5, 5.41) is 3.47. The van der Waals surface area contributed by atoms with Gasteiger partial charge >= 0.3 is 0 Å². The van der Waals surface area contributed by atoms with E-state index >= 15 is 0 Å². The van der Waals surface area contributed by atoms with Crippen LogP contribution in [0.3, 0.4) is 0 Å². The molecule has 0 aromatic heterocycles. The highest BCUT2D eigenvalue weighted by Crippen LogP contribution is 2.05. The molecule has 90 valence electrons. The molecule has 0 aliphatic carbocycles. The monoisotopic (exact) mass is 255 g/mol. The molecule has 1 N–H and O–H groups in total. The molecule has 1 aromatic rings. The minimum atomic E-state index is 0.992. The van der Waals surface area contributed by atoms with E-state index in [2.05, 4.69) is 53.7 Å². The molecule has 0 unspecified atom stereocenters. The molecule has 0 radical (unpaired) electrons. The van der Waals surface area contributed by atoms with Gasteiger partial charge in [0.1, 0.15) is 0 Å².